The van der Waals surface area contributed by atoms with Gasteiger partial charge in [0.25, 0.3) is 5.69 Å². The van der Waals surface area contributed by atoms with E-state index in [9.17, 15) is 14.9 Å². The standard InChI is InChI=1S/C8H6BrClN2O3/c9-3-6(13)7-4(11)1-2-5(8(7)10)12(14)15/h1-2H,3,11H2. The van der Waals surface area contributed by atoms with Gasteiger partial charge < -0.3 is 5.73 Å². The number of carbonyl (C=O) groups is 1. The number of hydrogen-bond donors (Lipinski definition) is 1. The van der Waals surface area contributed by atoms with Gasteiger partial charge in [0, 0.05) is 11.8 Å². The zero-order chi connectivity index (χ0) is 11.6. The van der Waals surface area contributed by atoms with Crippen molar-refractivity contribution < 1.29 is 9.72 Å². The maximum Gasteiger partial charge on any atom is 0.288 e. The van der Waals surface area contributed by atoms with Crippen LogP contribution in [0.5, 0.6) is 0 Å². The maximum atomic E-state index is 11.4. The number of alkyl halides is 1. The largest absolute Gasteiger partial charge is 0.398 e. The Morgan fingerprint density at radius 3 is 2.67 bits per heavy atom. The average Bonchev–Trinajstić information content (AvgIpc) is 2.16. The zero-order valence-electron chi connectivity index (χ0n) is 7.37. The van der Waals surface area contributed by atoms with Gasteiger partial charge in [-0.15, -0.1) is 0 Å². The fraction of sp³-hybridized carbons (Fsp3) is 0.125. The molecule has 0 heterocycles. The van der Waals surface area contributed by atoms with Gasteiger partial charge >= 0.3 is 0 Å². The third kappa shape index (κ3) is 2.27. The molecular formula is C8H6BrClN2O3. The van der Waals surface area contributed by atoms with Crippen molar-refractivity contribution in [2.24, 2.45) is 0 Å². The Hall–Kier alpha value is -1.14. The number of ketones is 1. The van der Waals surface area contributed by atoms with E-state index in [1.54, 1.807) is 0 Å². The van der Waals surface area contributed by atoms with E-state index in [2.05, 4.69) is 15.9 Å². The molecular weight excluding hydrogens is 287 g/mol. The second-order valence-electron chi connectivity index (χ2n) is 2.68. The van der Waals surface area contributed by atoms with E-state index >= 15 is 0 Å². The highest BCUT2D eigenvalue weighted by Crippen LogP contribution is 2.32. The number of benzene rings is 1. The Morgan fingerprint density at radius 2 is 2.20 bits per heavy atom. The quantitative estimate of drug-likeness (QED) is 0.305. The number of hydrogen-bond acceptors (Lipinski definition) is 4. The lowest BCUT2D eigenvalue weighted by Gasteiger charge is -2.05. The van der Waals surface area contributed by atoms with Gasteiger partial charge in [-0.2, -0.15) is 0 Å². The fourth-order valence-electron chi connectivity index (χ4n) is 1.07. The lowest BCUT2D eigenvalue weighted by molar-refractivity contribution is -0.384. The fourth-order valence-corrected chi connectivity index (χ4v) is 1.70. The molecule has 1 rings (SSSR count). The molecule has 0 spiro atoms. The van der Waals surface area contributed by atoms with Crippen LogP contribution in [0.25, 0.3) is 0 Å². The molecule has 0 atom stereocenters. The molecule has 0 saturated carbocycles. The van der Waals surface area contributed by atoms with Crippen molar-refractivity contribution in [3.05, 3.63) is 32.8 Å². The second-order valence-corrected chi connectivity index (χ2v) is 3.62. The van der Waals surface area contributed by atoms with Gasteiger partial charge in [-0.25, -0.2) is 0 Å². The van der Waals surface area contributed by atoms with Crippen LogP contribution in [-0.4, -0.2) is 16.0 Å². The van der Waals surface area contributed by atoms with E-state index in [4.69, 9.17) is 17.3 Å². The number of halogens is 2. The summed E-state index contributed by atoms with van der Waals surface area (Å²) in [7, 11) is 0. The van der Waals surface area contributed by atoms with Crippen molar-refractivity contribution in [2.75, 3.05) is 11.1 Å². The van der Waals surface area contributed by atoms with E-state index in [1.165, 1.54) is 12.1 Å². The molecule has 15 heavy (non-hydrogen) atoms. The van der Waals surface area contributed by atoms with Crippen LogP contribution in [0.3, 0.4) is 0 Å². The molecule has 1 aromatic rings. The Balaban J connectivity index is 3.43. The first-order valence-electron chi connectivity index (χ1n) is 3.80. The molecule has 5 nitrogen and oxygen atoms in total. The molecule has 0 aliphatic rings. The third-order valence-corrected chi connectivity index (χ3v) is 2.64. The Kier molecular flexibility index (Phi) is 3.65. The number of nitrogens with two attached hydrogens (primary N) is 1. The number of nitro groups is 1. The number of Topliss-reactive ketones (excluding diaryl/α,β-unsaturated/α-hetero) is 1. The summed E-state index contributed by atoms with van der Waals surface area (Å²) in [5.41, 5.74) is 5.32. The van der Waals surface area contributed by atoms with Gasteiger partial charge in [0.05, 0.1) is 15.8 Å². The molecule has 2 N–H and O–H groups in total. The van der Waals surface area contributed by atoms with Gasteiger partial charge in [0.2, 0.25) is 0 Å². The van der Waals surface area contributed by atoms with Gasteiger partial charge in [0.1, 0.15) is 5.02 Å². The normalized spacial score (nSPS) is 10.0. The number of anilines is 1. The van der Waals surface area contributed by atoms with Crippen molar-refractivity contribution in [2.45, 2.75) is 0 Å². The summed E-state index contributed by atoms with van der Waals surface area (Å²) >= 11 is 8.67. The number of rotatable bonds is 3. The Labute approximate surface area is 98.5 Å². The average molecular weight is 294 g/mol. The number of carbonyl (C=O) groups excluding carboxylic acids is 1. The first-order chi connectivity index (χ1) is 6.99. The molecule has 7 heteroatoms. The summed E-state index contributed by atoms with van der Waals surface area (Å²) in [4.78, 5) is 21.3. The third-order valence-electron chi connectivity index (χ3n) is 1.75. The number of nitrogen functional groups attached to an aromatic ring is 1. The monoisotopic (exact) mass is 292 g/mol. The number of nitro benzene ring substituents is 1. The van der Waals surface area contributed by atoms with Gasteiger partial charge in [0.15, 0.2) is 5.78 Å². The predicted octanol–water partition coefficient (Wildman–Crippen LogP) is 2.41. The summed E-state index contributed by atoms with van der Waals surface area (Å²) in [6.45, 7) is 0. The molecule has 0 fully saturated rings. The van der Waals surface area contributed by atoms with Crippen LogP contribution in [0.1, 0.15) is 10.4 Å². The van der Waals surface area contributed by atoms with Crippen LogP contribution >= 0.6 is 27.5 Å². The first-order valence-corrected chi connectivity index (χ1v) is 5.30. The minimum atomic E-state index is -0.660. The van der Waals surface area contributed by atoms with Crippen molar-refractivity contribution in [3.8, 4) is 0 Å². The summed E-state index contributed by atoms with van der Waals surface area (Å²) in [6.07, 6.45) is 0. The van der Waals surface area contributed by atoms with E-state index < -0.39 is 4.92 Å². The highest BCUT2D eigenvalue weighted by Gasteiger charge is 2.22. The molecule has 0 radical (unpaired) electrons. The molecule has 0 amide bonds. The van der Waals surface area contributed by atoms with Crippen molar-refractivity contribution >= 4 is 44.7 Å². The first kappa shape index (κ1) is 11.9. The minimum Gasteiger partial charge on any atom is -0.398 e. The minimum absolute atomic E-state index is 0.0114. The van der Waals surface area contributed by atoms with E-state index in [-0.39, 0.29) is 33.1 Å². The van der Waals surface area contributed by atoms with Crippen molar-refractivity contribution in [1.82, 2.24) is 0 Å². The molecule has 80 valence electrons. The van der Waals surface area contributed by atoms with Gasteiger partial charge in [-0.1, -0.05) is 27.5 Å². The van der Waals surface area contributed by atoms with Crippen LogP contribution in [0.2, 0.25) is 5.02 Å². The predicted molar refractivity (Wildman–Crippen MR) is 60.6 cm³/mol. The van der Waals surface area contributed by atoms with E-state index in [0.717, 1.165) is 0 Å². The second kappa shape index (κ2) is 4.59. The molecule has 0 aliphatic carbocycles. The SMILES string of the molecule is Nc1ccc([N+](=O)[O-])c(Cl)c1C(=O)CBr. The van der Waals surface area contributed by atoms with Crippen LogP contribution in [0.4, 0.5) is 11.4 Å². The van der Waals surface area contributed by atoms with Crippen LogP contribution in [-0.2, 0) is 0 Å². The summed E-state index contributed by atoms with van der Waals surface area (Å²) in [6, 6.07) is 2.46. The highest BCUT2D eigenvalue weighted by atomic mass is 79.9. The lowest BCUT2D eigenvalue weighted by Crippen LogP contribution is -2.07. The van der Waals surface area contributed by atoms with Crippen LogP contribution < -0.4 is 5.73 Å². The maximum absolute atomic E-state index is 11.4. The summed E-state index contributed by atoms with van der Waals surface area (Å²) < 4.78 is 0. The van der Waals surface area contributed by atoms with Crippen molar-refractivity contribution in [3.63, 3.8) is 0 Å². The summed E-state index contributed by atoms with van der Waals surface area (Å²) in [5.74, 6) is -0.388. The molecule has 0 aromatic heterocycles. The summed E-state index contributed by atoms with van der Waals surface area (Å²) in [5, 5.41) is 10.3. The van der Waals surface area contributed by atoms with Crippen LogP contribution in [0.15, 0.2) is 12.1 Å². The number of nitrogens with zero attached hydrogens (tertiary/aromatic N) is 1. The van der Waals surface area contributed by atoms with Crippen LogP contribution in [0, 0.1) is 10.1 Å². The van der Waals surface area contributed by atoms with E-state index in [1.807, 2.05) is 0 Å². The molecule has 0 bridgehead atoms. The van der Waals surface area contributed by atoms with Gasteiger partial charge in [-0.05, 0) is 6.07 Å². The smallest absolute Gasteiger partial charge is 0.288 e. The van der Waals surface area contributed by atoms with E-state index in [0.29, 0.717) is 0 Å². The molecule has 0 saturated heterocycles. The Morgan fingerprint density at radius 1 is 1.60 bits per heavy atom. The highest BCUT2D eigenvalue weighted by molar-refractivity contribution is 9.09. The molecule has 0 aliphatic heterocycles. The zero-order valence-corrected chi connectivity index (χ0v) is 9.71. The Bertz CT molecular complexity index is 436. The molecule has 0 unspecified atom stereocenters. The van der Waals surface area contributed by atoms with Gasteiger partial charge in [-0.3, -0.25) is 14.9 Å². The van der Waals surface area contributed by atoms with Crippen molar-refractivity contribution in [1.29, 1.82) is 0 Å². The lowest BCUT2D eigenvalue weighted by atomic mass is 10.1. The molecule has 1 aromatic carbocycles. The topological polar surface area (TPSA) is 86.2 Å².